The normalized spacial score (nSPS) is 11.8. The number of ether oxygens (including phenoxy) is 3. The molecule has 2 aromatic rings. The van der Waals surface area contributed by atoms with Gasteiger partial charge in [0.2, 0.25) is 5.91 Å². The fourth-order valence-corrected chi connectivity index (χ4v) is 3.15. The third-order valence-electron chi connectivity index (χ3n) is 4.51. The molecular formula is C25H32N2O6. The van der Waals surface area contributed by atoms with Crippen molar-refractivity contribution < 1.29 is 28.6 Å². The molecule has 178 valence electrons. The Morgan fingerprint density at radius 2 is 1.70 bits per heavy atom. The Balaban J connectivity index is 2.30. The van der Waals surface area contributed by atoms with E-state index >= 15 is 0 Å². The average Bonchev–Trinajstić information content (AvgIpc) is 2.72. The van der Waals surface area contributed by atoms with Crippen molar-refractivity contribution in [2.75, 3.05) is 12.4 Å². The van der Waals surface area contributed by atoms with Gasteiger partial charge in [0.05, 0.1) is 12.8 Å². The van der Waals surface area contributed by atoms with Gasteiger partial charge in [-0.3, -0.25) is 4.79 Å². The van der Waals surface area contributed by atoms with E-state index in [1.165, 1.54) is 14.0 Å². The lowest BCUT2D eigenvalue weighted by atomic mass is 10.0. The van der Waals surface area contributed by atoms with E-state index in [0.29, 0.717) is 18.0 Å². The summed E-state index contributed by atoms with van der Waals surface area (Å²) < 4.78 is 16.1. The number of nitrogens with one attached hydrogen (secondary N) is 2. The third kappa shape index (κ3) is 8.48. The van der Waals surface area contributed by atoms with Gasteiger partial charge in [0, 0.05) is 13.3 Å². The molecule has 0 heterocycles. The van der Waals surface area contributed by atoms with Crippen LogP contribution in [0.15, 0.2) is 42.5 Å². The lowest BCUT2D eigenvalue weighted by molar-refractivity contribution is -0.143. The molecule has 33 heavy (non-hydrogen) atoms. The van der Waals surface area contributed by atoms with E-state index in [9.17, 15) is 14.4 Å². The Morgan fingerprint density at radius 1 is 1.03 bits per heavy atom. The summed E-state index contributed by atoms with van der Waals surface area (Å²) in [6, 6.07) is 12.2. The molecule has 0 radical (unpaired) electrons. The zero-order chi connectivity index (χ0) is 24.6. The number of rotatable bonds is 8. The van der Waals surface area contributed by atoms with Crippen molar-refractivity contribution in [1.82, 2.24) is 5.32 Å². The molecule has 0 fully saturated rings. The fraction of sp³-hybridized carbons (Fsp3) is 0.400. The summed E-state index contributed by atoms with van der Waals surface area (Å²) in [4.78, 5) is 36.3. The van der Waals surface area contributed by atoms with E-state index in [4.69, 9.17) is 14.2 Å². The first-order valence-electron chi connectivity index (χ1n) is 10.6. The van der Waals surface area contributed by atoms with Crippen LogP contribution in [0, 0.1) is 6.92 Å². The van der Waals surface area contributed by atoms with Crippen LogP contribution in [0.25, 0.3) is 0 Å². The highest BCUT2D eigenvalue weighted by Crippen LogP contribution is 2.31. The summed E-state index contributed by atoms with van der Waals surface area (Å²) in [5.74, 6) is -0.365. The lowest BCUT2D eigenvalue weighted by Gasteiger charge is -2.23. The molecule has 0 aliphatic carbocycles. The lowest BCUT2D eigenvalue weighted by Crippen LogP contribution is -2.45. The van der Waals surface area contributed by atoms with Crippen LogP contribution in [0.3, 0.4) is 0 Å². The molecule has 0 spiro atoms. The Bertz CT molecular complexity index is 982. The molecular weight excluding hydrogens is 424 g/mol. The summed E-state index contributed by atoms with van der Waals surface area (Å²) in [5, 5.41) is 5.38. The number of hydrogen-bond donors (Lipinski definition) is 2. The maximum atomic E-state index is 12.3. The maximum Gasteiger partial charge on any atom is 0.408 e. The minimum atomic E-state index is -0.960. The van der Waals surface area contributed by atoms with Crippen molar-refractivity contribution in [3.8, 4) is 5.75 Å². The Labute approximate surface area is 194 Å². The van der Waals surface area contributed by atoms with Crippen molar-refractivity contribution in [3.05, 3.63) is 59.2 Å². The van der Waals surface area contributed by atoms with E-state index in [-0.39, 0.29) is 12.3 Å². The minimum absolute atomic E-state index is 0.148. The molecule has 2 amide bonds. The Morgan fingerprint density at radius 3 is 2.27 bits per heavy atom. The molecule has 0 bridgehead atoms. The van der Waals surface area contributed by atoms with Crippen molar-refractivity contribution in [2.45, 2.75) is 59.3 Å². The highest BCUT2D eigenvalue weighted by atomic mass is 16.6. The first kappa shape index (κ1) is 25.7. The van der Waals surface area contributed by atoms with Gasteiger partial charge in [-0.05, 0) is 50.5 Å². The second-order valence-corrected chi connectivity index (χ2v) is 8.67. The van der Waals surface area contributed by atoms with Gasteiger partial charge in [-0.15, -0.1) is 0 Å². The SMILES string of the molecule is COC(=O)[C@@H](Cc1cc(C)c(NC(C)=O)c(OCc2ccccc2)c1)NC(=O)OC(C)(C)C. The smallest absolute Gasteiger partial charge is 0.408 e. The average molecular weight is 457 g/mol. The van der Waals surface area contributed by atoms with Crippen LogP contribution in [-0.4, -0.2) is 36.7 Å². The largest absolute Gasteiger partial charge is 0.487 e. The van der Waals surface area contributed by atoms with Gasteiger partial charge in [0.25, 0.3) is 0 Å². The standard InChI is InChI=1S/C25H32N2O6/c1-16-12-19(13-20(23(29)31-6)27-24(30)33-25(3,4)5)14-21(22(16)26-17(2)28)32-15-18-10-8-7-9-11-18/h7-12,14,20H,13,15H2,1-6H3,(H,26,28)(H,27,30)/t20-/m1/s1. The fourth-order valence-electron chi connectivity index (χ4n) is 3.15. The number of amides is 2. The van der Waals surface area contributed by atoms with Crippen LogP contribution in [0.4, 0.5) is 10.5 Å². The zero-order valence-electron chi connectivity index (χ0n) is 20.0. The van der Waals surface area contributed by atoms with Crippen LogP contribution < -0.4 is 15.4 Å². The number of carbonyl (C=O) groups is 3. The minimum Gasteiger partial charge on any atom is -0.487 e. The second kappa shape index (κ2) is 11.4. The van der Waals surface area contributed by atoms with Crippen LogP contribution >= 0.6 is 0 Å². The first-order chi connectivity index (χ1) is 15.5. The van der Waals surface area contributed by atoms with Gasteiger partial charge in [-0.1, -0.05) is 36.4 Å². The molecule has 1 atom stereocenters. The molecule has 2 aromatic carbocycles. The van der Waals surface area contributed by atoms with Crippen molar-refractivity contribution in [1.29, 1.82) is 0 Å². The quantitative estimate of drug-likeness (QED) is 0.579. The highest BCUT2D eigenvalue weighted by Gasteiger charge is 2.26. The Kier molecular flexibility index (Phi) is 8.85. The van der Waals surface area contributed by atoms with Crippen LogP contribution in [-0.2, 0) is 32.1 Å². The molecule has 2 rings (SSSR count). The van der Waals surface area contributed by atoms with E-state index < -0.39 is 23.7 Å². The molecule has 0 saturated carbocycles. The third-order valence-corrected chi connectivity index (χ3v) is 4.51. The van der Waals surface area contributed by atoms with Gasteiger partial charge in [0.15, 0.2) is 0 Å². The van der Waals surface area contributed by atoms with Gasteiger partial charge in [-0.25, -0.2) is 9.59 Å². The van der Waals surface area contributed by atoms with Gasteiger partial charge >= 0.3 is 12.1 Å². The number of aryl methyl sites for hydroxylation is 1. The van der Waals surface area contributed by atoms with E-state index in [2.05, 4.69) is 10.6 Å². The molecule has 0 aromatic heterocycles. The molecule has 0 aliphatic heterocycles. The predicted octanol–water partition coefficient (Wildman–Crippen LogP) is 4.14. The zero-order valence-corrected chi connectivity index (χ0v) is 20.0. The predicted molar refractivity (Wildman–Crippen MR) is 125 cm³/mol. The number of carbonyl (C=O) groups excluding carboxylic acids is 3. The number of alkyl carbamates (subject to hydrolysis) is 1. The topological polar surface area (TPSA) is 103 Å². The molecule has 8 heteroatoms. The number of hydrogen-bond acceptors (Lipinski definition) is 6. The highest BCUT2D eigenvalue weighted by molar-refractivity contribution is 5.91. The van der Waals surface area contributed by atoms with Crippen molar-refractivity contribution in [3.63, 3.8) is 0 Å². The van der Waals surface area contributed by atoms with Crippen LogP contribution in [0.1, 0.15) is 44.4 Å². The summed E-state index contributed by atoms with van der Waals surface area (Å²) in [7, 11) is 1.26. The maximum absolute atomic E-state index is 12.3. The number of anilines is 1. The molecule has 0 saturated heterocycles. The molecule has 8 nitrogen and oxygen atoms in total. The molecule has 0 unspecified atom stereocenters. The second-order valence-electron chi connectivity index (χ2n) is 8.67. The Hall–Kier alpha value is -3.55. The number of methoxy groups -OCH3 is 1. The van der Waals surface area contributed by atoms with E-state index in [1.54, 1.807) is 26.8 Å². The number of benzene rings is 2. The monoisotopic (exact) mass is 456 g/mol. The number of esters is 1. The summed E-state index contributed by atoms with van der Waals surface area (Å²) in [5.41, 5.74) is 2.29. The van der Waals surface area contributed by atoms with Crippen molar-refractivity contribution in [2.24, 2.45) is 0 Å². The van der Waals surface area contributed by atoms with Gasteiger partial charge in [0.1, 0.15) is 24.0 Å². The molecule has 0 aliphatic rings. The van der Waals surface area contributed by atoms with Gasteiger partial charge in [-0.2, -0.15) is 0 Å². The van der Waals surface area contributed by atoms with Crippen LogP contribution in [0.2, 0.25) is 0 Å². The first-order valence-corrected chi connectivity index (χ1v) is 10.6. The summed E-state index contributed by atoms with van der Waals surface area (Å²) in [6.45, 7) is 8.76. The van der Waals surface area contributed by atoms with E-state index in [1.807, 2.05) is 43.3 Å². The summed E-state index contributed by atoms with van der Waals surface area (Å²) >= 11 is 0. The van der Waals surface area contributed by atoms with E-state index in [0.717, 1.165) is 16.7 Å². The molecule has 2 N–H and O–H groups in total. The van der Waals surface area contributed by atoms with Crippen LogP contribution in [0.5, 0.6) is 5.75 Å². The summed E-state index contributed by atoms with van der Waals surface area (Å²) in [6.07, 6.45) is -0.570. The van der Waals surface area contributed by atoms with Gasteiger partial charge < -0.3 is 24.8 Å². The van der Waals surface area contributed by atoms with Crippen molar-refractivity contribution >= 4 is 23.7 Å².